The van der Waals surface area contributed by atoms with Crippen LogP contribution in [0.4, 0.5) is 11.4 Å². The standard InChI is InChI=1S/C18H15N3O5/c1-10-3-4-13(7-11(10)2)20-18(24)15(17(23)19-20)9-12-8-14(21(25)26)5-6-16(12)22/h3-9,22H,1-2H3,(H,19,23)/b15-9+. The van der Waals surface area contributed by atoms with Crippen LogP contribution in [0.15, 0.2) is 42.0 Å². The number of carbonyl (C=O) groups is 2. The van der Waals surface area contributed by atoms with E-state index in [2.05, 4.69) is 5.43 Å². The van der Waals surface area contributed by atoms with Gasteiger partial charge in [-0.15, -0.1) is 0 Å². The fourth-order valence-electron chi connectivity index (χ4n) is 2.53. The summed E-state index contributed by atoms with van der Waals surface area (Å²) in [5.41, 5.74) is 4.49. The maximum Gasteiger partial charge on any atom is 0.282 e. The van der Waals surface area contributed by atoms with Gasteiger partial charge < -0.3 is 5.11 Å². The third-order valence-electron chi connectivity index (χ3n) is 4.16. The summed E-state index contributed by atoms with van der Waals surface area (Å²) in [6.07, 6.45) is 1.14. The molecule has 2 aromatic carbocycles. The van der Waals surface area contributed by atoms with Crippen molar-refractivity contribution < 1.29 is 19.6 Å². The summed E-state index contributed by atoms with van der Waals surface area (Å²) in [5, 5.41) is 21.9. The lowest BCUT2D eigenvalue weighted by Crippen LogP contribution is -2.35. The first-order chi connectivity index (χ1) is 12.3. The van der Waals surface area contributed by atoms with Crippen LogP contribution in [0.2, 0.25) is 0 Å². The number of rotatable bonds is 3. The number of carbonyl (C=O) groups excluding carboxylic acids is 2. The molecule has 1 heterocycles. The number of phenols is 1. The van der Waals surface area contributed by atoms with Crippen LogP contribution < -0.4 is 10.4 Å². The minimum Gasteiger partial charge on any atom is -0.507 e. The molecule has 2 amide bonds. The van der Waals surface area contributed by atoms with Crippen LogP contribution in [0.5, 0.6) is 5.75 Å². The molecule has 0 radical (unpaired) electrons. The molecule has 0 unspecified atom stereocenters. The number of phenolic OH excluding ortho intramolecular Hbond substituents is 1. The molecule has 26 heavy (non-hydrogen) atoms. The minimum absolute atomic E-state index is 0.0136. The number of nitrogens with one attached hydrogen (secondary N) is 1. The van der Waals surface area contributed by atoms with Gasteiger partial charge in [0.2, 0.25) is 0 Å². The Balaban J connectivity index is 1.99. The fourth-order valence-corrected chi connectivity index (χ4v) is 2.53. The third kappa shape index (κ3) is 3.00. The number of aromatic hydroxyl groups is 1. The van der Waals surface area contributed by atoms with E-state index >= 15 is 0 Å². The Hall–Kier alpha value is -3.68. The molecule has 0 spiro atoms. The number of nitro groups is 1. The number of hydrogen-bond donors (Lipinski definition) is 2. The van der Waals surface area contributed by atoms with Crippen LogP contribution in [-0.2, 0) is 9.59 Å². The molecule has 8 nitrogen and oxygen atoms in total. The summed E-state index contributed by atoms with van der Waals surface area (Å²) in [7, 11) is 0. The average Bonchev–Trinajstić information content (AvgIpc) is 2.87. The van der Waals surface area contributed by atoms with Crippen molar-refractivity contribution in [3.8, 4) is 5.75 Å². The molecule has 132 valence electrons. The maximum absolute atomic E-state index is 12.6. The largest absolute Gasteiger partial charge is 0.507 e. The second kappa shape index (κ2) is 6.32. The Kier molecular flexibility index (Phi) is 4.17. The fraction of sp³-hybridized carbons (Fsp3) is 0.111. The summed E-state index contributed by atoms with van der Waals surface area (Å²) < 4.78 is 0. The van der Waals surface area contributed by atoms with Gasteiger partial charge in [0, 0.05) is 17.7 Å². The van der Waals surface area contributed by atoms with E-state index in [0.717, 1.165) is 40.4 Å². The molecule has 1 aliphatic heterocycles. The summed E-state index contributed by atoms with van der Waals surface area (Å²) in [4.78, 5) is 35.1. The van der Waals surface area contributed by atoms with Crippen LogP contribution in [0, 0.1) is 24.0 Å². The van der Waals surface area contributed by atoms with Gasteiger partial charge >= 0.3 is 0 Å². The zero-order valence-corrected chi connectivity index (χ0v) is 14.0. The monoisotopic (exact) mass is 353 g/mol. The molecule has 0 aliphatic carbocycles. The van der Waals surface area contributed by atoms with E-state index in [-0.39, 0.29) is 22.6 Å². The molecule has 1 aliphatic rings. The normalized spacial score (nSPS) is 15.5. The Bertz CT molecular complexity index is 981. The Morgan fingerprint density at radius 2 is 1.85 bits per heavy atom. The summed E-state index contributed by atoms with van der Waals surface area (Å²) in [6.45, 7) is 3.82. The highest BCUT2D eigenvalue weighted by molar-refractivity contribution is 6.31. The lowest BCUT2D eigenvalue weighted by Gasteiger charge is -2.15. The van der Waals surface area contributed by atoms with E-state index < -0.39 is 16.7 Å². The summed E-state index contributed by atoms with van der Waals surface area (Å²) in [6, 6.07) is 8.67. The first-order valence-corrected chi connectivity index (χ1v) is 7.69. The number of nitrogens with zero attached hydrogens (tertiary/aromatic N) is 2. The van der Waals surface area contributed by atoms with Gasteiger partial charge in [0.05, 0.1) is 10.6 Å². The van der Waals surface area contributed by atoms with E-state index in [1.165, 1.54) is 0 Å². The Labute approximate surface area is 148 Å². The van der Waals surface area contributed by atoms with E-state index in [9.17, 15) is 24.8 Å². The Morgan fingerprint density at radius 3 is 2.50 bits per heavy atom. The number of aryl methyl sites for hydroxylation is 2. The zero-order valence-electron chi connectivity index (χ0n) is 14.0. The molecule has 0 aromatic heterocycles. The molecule has 0 bridgehead atoms. The summed E-state index contributed by atoms with van der Waals surface area (Å²) >= 11 is 0. The highest BCUT2D eigenvalue weighted by Crippen LogP contribution is 2.28. The molecule has 8 heteroatoms. The van der Waals surface area contributed by atoms with Crippen molar-refractivity contribution in [3.05, 3.63) is 68.8 Å². The molecule has 0 saturated carbocycles. The van der Waals surface area contributed by atoms with Gasteiger partial charge in [0.1, 0.15) is 11.3 Å². The van der Waals surface area contributed by atoms with Crippen LogP contribution in [0.3, 0.4) is 0 Å². The first kappa shape index (κ1) is 17.2. The lowest BCUT2D eigenvalue weighted by atomic mass is 10.1. The van der Waals surface area contributed by atoms with Gasteiger partial charge in [-0.25, -0.2) is 5.01 Å². The van der Waals surface area contributed by atoms with Crippen LogP contribution >= 0.6 is 0 Å². The molecular weight excluding hydrogens is 338 g/mol. The predicted molar refractivity (Wildman–Crippen MR) is 94.3 cm³/mol. The second-order valence-corrected chi connectivity index (χ2v) is 5.91. The van der Waals surface area contributed by atoms with E-state index in [1.807, 2.05) is 19.9 Å². The SMILES string of the molecule is Cc1ccc(N2NC(=O)/C(=C\c3cc([N+](=O)[O-])ccc3O)C2=O)cc1C. The Morgan fingerprint density at radius 1 is 1.12 bits per heavy atom. The number of benzene rings is 2. The number of nitro benzene ring substituents is 1. The number of hydrogen-bond acceptors (Lipinski definition) is 5. The van der Waals surface area contributed by atoms with Gasteiger partial charge in [0.15, 0.2) is 0 Å². The van der Waals surface area contributed by atoms with Crippen molar-refractivity contribution in [1.82, 2.24) is 5.43 Å². The van der Waals surface area contributed by atoms with E-state index in [4.69, 9.17) is 0 Å². The quantitative estimate of drug-likeness (QED) is 0.381. The third-order valence-corrected chi connectivity index (χ3v) is 4.16. The molecule has 2 aromatic rings. The number of amides is 2. The average molecular weight is 353 g/mol. The maximum atomic E-state index is 12.6. The molecule has 2 N–H and O–H groups in total. The molecule has 1 saturated heterocycles. The van der Waals surface area contributed by atoms with Gasteiger partial charge in [-0.2, -0.15) is 0 Å². The van der Waals surface area contributed by atoms with Gasteiger partial charge in [-0.1, -0.05) is 6.07 Å². The van der Waals surface area contributed by atoms with Crippen molar-refractivity contribution in [1.29, 1.82) is 0 Å². The van der Waals surface area contributed by atoms with Crippen LogP contribution in [0.25, 0.3) is 6.08 Å². The van der Waals surface area contributed by atoms with Gasteiger partial charge in [-0.3, -0.25) is 25.1 Å². The van der Waals surface area contributed by atoms with Crippen molar-refractivity contribution in [3.63, 3.8) is 0 Å². The second-order valence-electron chi connectivity index (χ2n) is 5.91. The molecule has 0 atom stereocenters. The predicted octanol–water partition coefficient (Wildman–Crippen LogP) is 2.38. The molecular formula is C18H15N3O5. The number of anilines is 1. The molecule has 3 rings (SSSR count). The summed E-state index contributed by atoms with van der Waals surface area (Å²) in [5.74, 6) is -1.53. The van der Waals surface area contributed by atoms with Crippen LogP contribution in [0.1, 0.15) is 16.7 Å². The smallest absolute Gasteiger partial charge is 0.282 e. The first-order valence-electron chi connectivity index (χ1n) is 7.69. The zero-order chi connectivity index (χ0) is 19.0. The van der Waals surface area contributed by atoms with E-state index in [1.54, 1.807) is 12.1 Å². The molecule has 1 fully saturated rings. The highest BCUT2D eigenvalue weighted by atomic mass is 16.6. The van der Waals surface area contributed by atoms with E-state index in [0.29, 0.717) is 5.69 Å². The van der Waals surface area contributed by atoms with Crippen molar-refractivity contribution in [2.75, 3.05) is 5.01 Å². The van der Waals surface area contributed by atoms with Crippen molar-refractivity contribution >= 4 is 29.3 Å². The number of non-ortho nitro benzene ring substituents is 1. The lowest BCUT2D eigenvalue weighted by molar-refractivity contribution is -0.384. The van der Waals surface area contributed by atoms with Gasteiger partial charge in [0.25, 0.3) is 17.5 Å². The highest BCUT2D eigenvalue weighted by Gasteiger charge is 2.34. The minimum atomic E-state index is -0.654. The van der Waals surface area contributed by atoms with Crippen molar-refractivity contribution in [2.45, 2.75) is 13.8 Å². The number of hydrazine groups is 1. The van der Waals surface area contributed by atoms with Crippen LogP contribution in [-0.4, -0.2) is 21.8 Å². The van der Waals surface area contributed by atoms with Gasteiger partial charge in [-0.05, 0) is 49.2 Å². The van der Waals surface area contributed by atoms with Crippen molar-refractivity contribution in [2.24, 2.45) is 0 Å². The topological polar surface area (TPSA) is 113 Å².